The molecule has 110 valence electrons. The molecule has 1 atom stereocenters. The van der Waals surface area contributed by atoms with E-state index in [-0.39, 0.29) is 10.9 Å². The van der Waals surface area contributed by atoms with Crippen molar-refractivity contribution in [1.29, 1.82) is 0 Å². The number of rotatable bonds is 5. The lowest BCUT2D eigenvalue weighted by Gasteiger charge is -2.24. The van der Waals surface area contributed by atoms with Gasteiger partial charge in [0, 0.05) is 19.2 Å². The van der Waals surface area contributed by atoms with Crippen molar-refractivity contribution in [2.75, 3.05) is 19.8 Å². The Kier molecular flexibility index (Phi) is 4.04. The van der Waals surface area contributed by atoms with Crippen molar-refractivity contribution in [3.8, 4) is 0 Å². The first-order chi connectivity index (χ1) is 9.59. The van der Waals surface area contributed by atoms with E-state index in [2.05, 4.69) is 0 Å². The predicted octanol–water partition coefficient (Wildman–Crippen LogP) is 2.53. The third-order valence-corrected chi connectivity index (χ3v) is 6.26. The molecule has 0 radical (unpaired) electrons. The molecule has 1 unspecified atom stereocenters. The van der Waals surface area contributed by atoms with Crippen molar-refractivity contribution in [1.82, 2.24) is 4.31 Å². The second-order valence-electron chi connectivity index (χ2n) is 5.47. The highest BCUT2D eigenvalue weighted by Gasteiger charge is 2.40. The molecule has 1 aliphatic carbocycles. The number of benzene rings is 1. The summed E-state index contributed by atoms with van der Waals surface area (Å²) in [5, 5.41) is 0.292. The molecule has 0 bridgehead atoms. The van der Waals surface area contributed by atoms with E-state index >= 15 is 0 Å². The molecule has 1 aromatic rings. The second-order valence-corrected chi connectivity index (χ2v) is 7.73. The average Bonchev–Trinajstić information content (AvgIpc) is 3.12. The maximum absolute atomic E-state index is 12.8. The Morgan fingerprint density at radius 1 is 1.25 bits per heavy atom. The highest BCUT2D eigenvalue weighted by Crippen LogP contribution is 2.35. The van der Waals surface area contributed by atoms with Gasteiger partial charge in [0.2, 0.25) is 10.0 Å². The van der Waals surface area contributed by atoms with E-state index in [1.807, 2.05) is 0 Å². The molecule has 20 heavy (non-hydrogen) atoms. The molecule has 0 amide bonds. The molecular formula is C14H18ClNO3S. The SMILES string of the molecule is O=S(=O)(c1ccccc1Cl)N(CC1CCOC1)C1CC1. The van der Waals surface area contributed by atoms with Crippen LogP contribution in [0.2, 0.25) is 5.02 Å². The van der Waals surface area contributed by atoms with Crippen LogP contribution in [0.5, 0.6) is 0 Å². The van der Waals surface area contributed by atoms with Gasteiger partial charge in [0.15, 0.2) is 0 Å². The van der Waals surface area contributed by atoms with E-state index in [0.29, 0.717) is 24.1 Å². The zero-order valence-electron chi connectivity index (χ0n) is 11.2. The Hall–Kier alpha value is -0.620. The van der Waals surface area contributed by atoms with Gasteiger partial charge >= 0.3 is 0 Å². The van der Waals surface area contributed by atoms with E-state index in [0.717, 1.165) is 25.9 Å². The van der Waals surface area contributed by atoms with Gasteiger partial charge in [0.25, 0.3) is 0 Å². The maximum Gasteiger partial charge on any atom is 0.244 e. The lowest BCUT2D eigenvalue weighted by Crippen LogP contribution is -2.37. The van der Waals surface area contributed by atoms with Gasteiger partial charge in [-0.25, -0.2) is 8.42 Å². The minimum atomic E-state index is -3.51. The van der Waals surface area contributed by atoms with E-state index < -0.39 is 10.0 Å². The standard InChI is InChI=1S/C14H18ClNO3S/c15-13-3-1-2-4-14(13)20(17,18)16(12-5-6-12)9-11-7-8-19-10-11/h1-4,11-12H,5-10H2. The minimum absolute atomic E-state index is 0.136. The van der Waals surface area contributed by atoms with E-state index in [1.165, 1.54) is 0 Å². The van der Waals surface area contributed by atoms with Crippen molar-refractivity contribution < 1.29 is 13.2 Å². The Balaban J connectivity index is 1.87. The monoisotopic (exact) mass is 315 g/mol. The van der Waals surface area contributed by atoms with Crippen molar-refractivity contribution in [2.45, 2.75) is 30.2 Å². The highest BCUT2D eigenvalue weighted by molar-refractivity contribution is 7.89. The Labute approximate surface area is 124 Å². The van der Waals surface area contributed by atoms with Crippen LogP contribution >= 0.6 is 11.6 Å². The van der Waals surface area contributed by atoms with Crippen LogP contribution in [0.1, 0.15) is 19.3 Å². The molecule has 1 heterocycles. The highest BCUT2D eigenvalue weighted by atomic mass is 35.5. The number of hydrogen-bond donors (Lipinski definition) is 0. The molecule has 0 aromatic heterocycles. The van der Waals surface area contributed by atoms with Gasteiger partial charge in [-0.1, -0.05) is 23.7 Å². The van der Waals surface area contributed by atoms with E-state index in [4.69, 9.17) is 16.3 Å². The van der Waals surface area contributed by atoms with Crippen molar-refractivity contribution in [3.63, 3.8) is 0 Å². The van der Waals surface area contributed by atoms with Crippen LogP contribution in [0.4, 0.5) is 0 Å². The quantitative estimate of drug-likeness (QED) is 0.839. The molecule has 1 saturated carbocycles. The van der Waals surface area contributed by atoms with Crippen molar-refractivity contribution in [2.24, 2.45) is 5.92 Å². The first-order valence-electron chi connectivity index (χ1n) is 6.93. The lowest BCUT2D eigenvalue weighted by atomic mass is 10.1. The van der Waals surface area contributed by atoms with Crippen LogP contribution in [0, 0.1) is 5.92 Å². The summed E-state index contributed by atoms with van der Waals surface area (Å²) in [5.41, 5.74) is 0. The molecule has 1 aliphatic heterocycles. The molecular weight excluding hydrogens is 298 g/mol. The van der Waals surface area contributed by atoms with Crippen molar-refractivity contribution >= 4 is 21.6 Å². The molecule has 3 rings (SSSR count). The van der Waals surface area contributed by atoms with Gasteiger partial charge < -0.3 is 4.74 Å². The first-order valence-corrected chi connectivity index (χ1v) is 8.75. The zero-order chi connectivity index (χ0) is 14.2. The second kappa shape index (κ2) is 5.64. The number of nitrogens with zero attached hydrogens (tertiary/aromatic N) is 1. The summed E-state index contributed by atoms with van der Waals surface area (Å²) in [5.74, 6) is 0.299. The van der Waals surface area contributed by atoms with Gasteiger partial charge in [0.1, 0.15) is 4.90 Å². The van der Waals surface area contributed by atoms with Crippen LogP contribution < -0.4 is 0 Å². The van der Waals surface area contributed by atoms with Crippen molar-refractivity contribution in [3.05, 3.63) is 29.3 Å². The number of sulfonamides is 1. The minimum Gasteiger partial charge on any atom is -0.381 e. The van der Waals surface area contributed by atoms with Crippen LogP contribution in [0.15, 0.2) is 29.2 Å². The van der Waals surface area contributed by atoms with Gasteiger partial charge in [-0.15, -0.1) is 0 Å². The smallest absolute Gasteiger partial charge is 0.244 e. The van der Waals surface area contributed by atoms with Crippen LogP contribution in [0.3, 0.4) is 0 Å². The van der Waals surface area contributed by atoms with Gasteiger partial charge in [-0.2, -0.15) is 4.31 Å². The third-order valence-electron chi connectivity index (χ3n) is 3.84. The number of halogens is 1. The summed E-state index contributed by atoms with van der Waals surface area (Å²) in [6.45, 7) is 1.93. The summed E-state index contributed by atoms with van der Waals surface area (Å²) < 4.78 is 32.6. The molecule has 0 spiro atoms. The first kappa shape index (κ1) is 14.3. The average molecular weight is 316 g/mol. The summed E-state index contributed by atoms with van der Waals surface area (Å²) >= 11 is 6.06. The Morgan fingerprint density at radius 3 is 2.60 bits per heavy atom. The molecule has 2 aliphatic rings. The summed E-state index contributed by atoms with van der Waals surface area (Å²) in [4.78, 5) is 0.215. The zero-order valence-corrected chi connectivity index (χ0v) is 12.7. The summed E-state index contributed by atoms with van der Waals surface area (Å²) in [6.07, 6.45) is 2.82. The lowest BCUT2D eigenvalue weighted by molar-refractivity contribution is 0.180. The maximum atomic E-state index is 12.8. The molecule has 6 heteroatoms. The molecule has 1 saturated heterocycles. The molecule has 4 nitrogen and oxygen atoms in total. The normalized spacial score (nSPS) is 23.4. The predicted molar refractivity (Wildman–Crippen MR) is 77.3 cm³/mol. The van der Waals surface area contributed by atoms with E-state index in [9.17, 15) is 8.42 Å². The van der Waals surface area contributed by atoms with Crippen LogP contribution in [-0.4, -0.2) is 38.5 Å². The Morgan fingerprint density at radius 2 is 2.00 bits per heavy atom. The fourth-order valence-corrected chi connectivity index (χ4v) is 4.82. The fourth-order valence-electron chi connectivity index (χ4n) is 2.57. The third kappa shape index (κ3) is 2.86. The molecule has 0 N–H and O–H groups in total. The largest absolute Gasteiger partial charge is 0.381 e. The summed E-state index contributed by atoms with van der Waals surface area (Å²) in [6, 6.07) is 6.80. The van der Waals surface area contributed by atoms with Crippen LogP contribution in [0.25, 0.3) is 0 Å². The topological polar surface area (TPSA) is 46.6 Å². The van der Waals surface area contributed by atoms with Crippen LogP contribution in [-0.2, 0) is 14.8 Å². The van der Waals surface area contributed by atoms with Gasteiger partial charge in [-0.05, 0) is 37.3 Å². The van der Waals surface area contributed by atoms with Gasteiger partial charge in [0.05, 0.1) is 11.6 Å². The molecule has 2 fully saturated rings. The number of ether oxygens (including phenoxy) is 1. The number of hydrogen-bond acceptors (Lipinski definition) is 3. The van der Waals surface area contributed by atoms with E-state index in [1.54, 1.807) is 28.6 Å². The van der Waals surface area contributed by atoms with Gasteiger partial charge in [-0.3, -0.25) is 0 Å². The fraction of sp³-hybridized carbons (Fsp3) is 0.571. The molecule has 1 aromatic carbocycles. The summed E-state index contributed by atoms with van der Waals surface area (Å²) in [7, 11) is -3.51. The Bertz CT molecular complexity index is 580.